The molecule has 2 amide bonds. The second kappa shape index (κ2) is 9.35. The van der Waals surface area contributed by atoms with Gasteiger partial charge in [-0.2, -0.15) is 5.10 Å². The third kappa shape index (κ3) is 4.43. The highest BCUT2D eigenvalue weighted by Gasteiger charge is 2.34. The Balaban J connectivity index is 1.31. The Bertz CT molecular complexity index is 1240. The van der Waals surface area contributed by atoms with Gasteiger partial charge in [-0.15, -0.1) is 0 Å². The average molecular weight is 477 g/mol. The summed E-state index contributed by atoms with van der Waals surface area (Å²) in [4.78, 5) is 27.1. The van der Waals surface area contributed by atoms with Crippen LogP contribution in [-0.4, -0.2) is 35.6 Å². The largest absolute Gasteiger partial charge is 0.467 e. The lowest BCUT2D eigenvalue weighted by atomic mass is 10.0. The van der Waals surface area contributed by atoms with E-state index in [1.54, 1.807) is 6.26 Å². The number of hydrogen-bond acceptors (Lipinski definition) is 5. The van der Waals surface area contributed by atoms with Crippen molar-refractivity contribution < 1.29 is 14.0 Å². The van der Waals surface area contributed by atoms with Crippen molar-refractivity contribution in [3.63, 3.8) is 0 Å². The first-order valence-corrected chi connectivity index (χ1v) is 11.7. The first-order chi connectivity index (χ1) is 16.5. The van der Waals surface area contributed by atoms with E-state index in [4.69, 9.17) is 16.0 Å². The molecule has 1 atom stereocenters. The molecule has 1 aromatic heterocycles. The number of amides is 2. The fourth-order valence-corrected chi connectivity index (χ4v) is 4.62. The molecule has 0 radical (unpaired) electrons. The molecule has 2 aromatic carbocycles. The van der Waals surface area contributed by atoms with E-state index in [1.165, 1.54) is 5.01 Å². The van der Waals surface area contributed by atoms with Crippen LogP contribution < -0.4 is 10.2 Å². The molecule has 7 nitrogen and oxygen atoms in total. The summed E-state index contributed by atoms with van der Waals surface area (Å²) in [5.74, 6) is 0.685. The van der Waals surface area contributed by atoms with Crippen molar-refractivity contribution in [1.82, 2.24) is 5.01 Å². The Labute approximate surface area is 203 Å². The van der Waals surface area contributed by atoms with Gasteiger partial charge in [0, 0.05) is 35.8 Å². The summed E-state index contributed by atoms with van der Waals surface area (Å²) in [7, 11) is 0. The van der Waals surface area contributed by atoms with Crippen molar-refractivity contribution in [1.29, 1.82) is 0 Å². The van der Waals surface area contributed by atoms with Crippen molar-refractivity contribution >= 4 is 40.5 Å². The molecule has 1 saturated heterocycles. The molecular formula is C26H25ClN4O3. The Kier molecular flexibility index (Phi) is 6.11. The van der Waals surface area contributed by atoms with E-state index in [1.807, 2.05) is 66.4 Å². The number of carbonyl (C=O) groups is 2. The third-order valence-electron chi connectivity index (χ3n) is 6.22. The van der Waals surface area contributed by atoms with E-state index in [9.17, 15) is 9.59 Å². The number of hydrogen-bond donors (Lipinski definition) is 1. The molecule has 34 heavy (non-hydrogen) atoms. The molecule has 8 heteroatoms. The van der Waals surface area contributed by atoms with Crippen molar-refractivity contribution in [3.05, 3.63) is 82.8 Å². The number of nitrogens with zero attached hydrogens (tertiary/aromatic N) is 3. The van der Waals surface area contributed by atoms with E-state index >= 15 is 0 Å². The fourth-order valence-electron chi connectivity index (χ4n) is 4.49. The zero-order valence-corrected chi connectivity index (χ0v) is 19.6. The zero-order valence-electron chi connectivity index (χ0n) is 18.8. The summed E-state index contributed by atoms with van der Waals surface area (Å²) < 4.78 is 5.61. The topological polar surface area (TPSA) is 78.2 Å². The van der Waals surface area contributed by atoms with Gasteiger partial charge in [0.15, 0.2) is 0 Å². The standard InChI is InChI=1S/C26H25ClN4O3/c1-17-14-20(10-11-22(17)30-12-2-5-25(30)32)28-16-26(33)31-23(24-4-3-13-34-24)15-21(29-31)18-6-8-19(27)9-7-18/h3-4,6-11,13-14,23,28H,2,5,12,15-16H2,1H3/t23-/m1/s1. The number of nitrogens with one attached hydrogen (secondary N) is 1. The Morgan fingerprint density at radius 1 is 1.21 bits per heavy atom. The van der Waals surface area contributed by atoms with E-state index in [2.05, 4.69) is 10.4 Å². The second-order valence-corrected chi connectivity index (χ2v) is 8.97. The molecule has 1 fully saturated rings. The number of hydrazone groups is 1. The van der Waals surface area contributed by atoms with Crippen molar-refractivity contribution in [2.24, 2.45) is 5.10 Å². The van der Waals surface area contributed by atoms with Crippen LogP contribution in [0.15, 0.2) is 70.4 Å². The number of halogens is 1. The van der Waals surface area contributed by atoms with Crippen LogP contribution in [0.3, 0.4) is 0 Å². The monoisotopic (exact) mass is 476 g/mol. The normalized spacial score (nSPS) is 17.9. The van der Waals surface area contributed by atoms with Gasteiger partial charge < -0.3 is 14.6 Å². The molecule has 0 unspecified atom stereocenters. The molecule has 2 aliphatic rings. The molecule has 1 N–H and O–H groups in total. The first-order valence-electron chi connectivity index (χ1n) is 11.3. The van der Waals surface area contributed by atoms with E-state index in [0.29, 0.717) is 23.6 Å². The van der Waals surface area contributed by atoms with Crippen LogP contribution in [0, 0.1) is 6.92 Å². The predicted octanol–water partition coefficient (Wildman–Crippen LogP) is 5.16. The lowest BCUT2D eigenvalue weighted by Gasteiger charge is -2.21. The Hall–Kier alpha value is -3.58. The van der Waals surface area contributed by atoms with Gasteiger partial charge in [-0.3, -0.25) is 9.59 Å². The quantitative estimate of drug-likeness (QED) is 0.533. The average Bonchev–Trinajstić information content (AvgIpc) is 3.59. The van der Waals surface area contributed by atoms with E-state index in [-0.39, 0.29) is 24.4 Å². The third-order valence-corrected chi connectivity index (χ3v) is 6.47. The summed E-state index contributed by atoms with van der Waals surface area (Å²) >= 11 is 6.02. The Morgan fingerprint density at radius 2 is 2.03 bits per heavy atom. The number of anilines is 2. The van der Waals surface area contributed by atoms with Crippen LogP contribution in [-0.2, 0) is 9.59 Å². The lowest BCUT2D eigenvalue weighted by Crippen LogP contribution is -2.32. The smallest absolute Gasteiger partial charge is 0.262 e. The molecule has 3 heterocycles. The maximum atomic E-state index is 13.2. The molecule has 0 saturated carbocycles. The summed E-state index contributed by atoms with van der Waals surface area (Å²) in [6, 6.07) is 16.6. The summed E-state index contributed by atoms with van der Waals surface area (Å²) in [6.07, 6.45) is 3.64. The molecule has 0 aliphatic carbocycles. The van der Waals surface area contributed by atoms with Crippen LogP contribution in [0.2, 0.25) is 5.02 Å². The highest BCUT2D eigenvalue weighted by molar-refractivity contribution is 6.30. The van der Waals surface area contributed by atoms with Gasteiger partial charge in [0.2, 0.25) is 5.91 Å². The highest BCUT2D eigenvalue weighted by atomic mass is 35.5. The van der Waals surface area contributed by atoms with Crippen LogP contribution >= 0.6 is 11.6 Å². The van der Waals surface area contributed by atoms with Crippen LogP contribution in [0.4, 0.5) is 11.4 Å². The van der Waals surface area contributed by atoms with Gasteiger partial charge in [-0.05, 0) is 66.9 Å². The SMILES string of the molecule is Cc1cc(NCC(=O)N2N=C(c3ccc(Cl)cc3)C[C@@H]2c2ccco2)ccc1N1CCCC1=O. The maximum absolute atomic E-state index is 13.2. The zero-order chi connectivity index (χ0) is 23.7. The van der Waals surface area contributed by atoms with E-state index in [0.717, 1.165) is 41.2 Å². The summed E-state index contributed by atoms with van der Waals surface area (Å²) in [6.45, 7) is 2.81. The fraction of sp³-hybridized carbons (Fsp3) is 0.269. The minimum Gasteiger partial charge on any atom is -0.467 e. The van der Waals surface area contributed by atoms with Crippen LogP contribution in [0.5, 0.6) is 0 Å². The molecule has 0 spiro atoms. The first kappa shape index (κ1) is 22.2. The lowest BCUT2D eigenvalue weighted by molar-refractivity contribution is -0.131. The van der Waals surface area contributed by atoms with Crippen LogP contribution in [0.25, 0.3) is 0 Å². The molecule has 0 bridgehead atoms. The Morgan fingerprint density at radius 3 is 2.71 bits per heavy atom. The van der Waals surface area contributed by atoms with Gasteiger partial charge in [-0.1, -0.05) is 23.7 Å². The minimum absolute atomic E-state index is 0.0794. The number of benzene rings is 2. The number of rotatable bonds is 6. The van der Waals surface area contributed by atoms with Gasteiger partial charge in [0.1, 0.15) is 11.8 Å². The predicted molar refractivity (Wildman–Crippen MR) is 132 cm³/mol. The number of carbonyl (C=O) groups excluding carboxylic acids is 2. The molecular weight excluding hydrogens is 452 g/mol. The number of aryl methyl sites for hydroxylation is 1. The summed E-state index contributed by atoms with van der Waals surface area (Å²) in [5.41, 5.74) is 4.46. The van der Waals surface area contributed by atoms with Gasteiger partial charge >= 0.3 is 0 Å². The minimum atomic E-state index is -0.305. The molecule has 3 aromatic rings. The van der Waals surface area contributed by atoms with Crippen LogP contribution in [0.1, 0.15) is 42.2 Å². The van der Waals surface area contributed by atoms with Crippen molar-refractivity contribution in [3.8, 4) is 0 Å². The molecule has 174 valence electrons. The van der Waals surface area contributed by atoms with E-state index < -0.39 is 0 Å². The molecule has 2 aliphatic heterocycles. The maximum Gasteiger partial charge on any atom is 0.262 e. The van der Waals surface area contributed by atoms with Gasteiger partial charge in [0.05, 0.1) is 18.5 Å². The second-order valence-electron chi connectivity index (χ2n) is 8.53. The highest BCUT2D eigenvalue weighted by Crippen LogP contribution is 2.33. The van der Waals surface area contributed by atoms with Gasteiger partial charge in [-0.25, -0.2) is 5.01 Å². The summed E-state index contributed by atoms with van der Waals surface area (Å²) in [5, 5.41) is 10.0. The molecule has 5 rings (SSSR count). The van der Waals surface area contributed by atoms with Crippen molar-refractivity contribution in [2.75, 3.05) is 23.3 Å². The van der Waals surface area contributed by atoms with Crippen molar-refractivity contribution in [2.45, 2.75) is 32.2 Å². The number of furan rings is 1. The van der Waals surface area contributed by atoms with Gasteiger partial charge in [0.25, 0.3) is 5.91 Å².